The third-order valence-electron chi connectivity index (χ3n) is 2.73. The molecule has 0 aliphatic carbocycles. The van der Waals surface area contributed by atoms with E-state index in [0.717, 1.165) is 12.0 Å². The van der Waals surface area contributed by atoms with Crippen LogP contribution in [0.15, 0.2) is 18.1 Å². The first kappa shape index (κ1) is 13.7. The molecule has 19 heavy (non-hydrogen) atoms. The van der Waals surface area contributed by atoms with Crippen LogP contribution in [-0.2, 0) is 16.6 Å². The third-order valence-corrected chi connectivity index (χ3v) is 3.05. The second kappa shape index (κ2) is 5.94. The second-order valence-corrected chi connectivity index (χ2v) is 4.63. The average molecular weight is 280 g/mol. The molecule has 0 aromatic carbocycles. The summed E-state index contributed by atoms with van der Waals surface area (Å²) in [5.41, 5.74) is 1.34. The molecule has 1 aliphatic heterocycles. The first-order valence-corrected chi connectivity index (χ1v) is 6.35. The summed E-state index contributed by atoms with van der Waals surface area (Å²) in [5, 5.41) is 7.42. The number of aryl methyl sites for hydroxylation is 1. The Hall–Kier alpha value is -1.73. The second-order valence-electron chi connectivity index (χ2n) is 4.24. The van der Waals surface area contributed by atoms with Gasteiger partial charge in [-0.2, -0.15) is 5.10 Å². The summed E-state index contributed by atoms with van der Waals surface area (Å²) >= 11 is 5.16. The van der Waals surface area contributed by atoms with Crippen molar-refractivity contribution in [2.24, 2.45) is 7.05 Å². The van der Waals surface area contributed by atoms with Gasteiger partial charge in [0.25, 0.3) is 5.91 Å². The monoisotopic (exact) mass is 280 g/mol. The van der Waals surface area contributed by atoms with Crippen LogP contribution in [0.5, 0.6) is 0 Å². The highest BCUT2D eigenvalue weighted by Crippen LogP contribution is 2.14. The van der Waals surface area contributed by atoms with Gasteiger partial charge in [-0.25, -0.2) is 0 Å². The van der Waals surface area contributed by atoms with E-state index in [-0.39, 0.29) is 5.91 Å². The van der Waals surface area contributed by atoms with Crippen LogP contribution in [0.25, 0.3) is 6.08 Å². The van der Waals surface area contributed by atoms with Gasteiger partial charge in [0, 0.05) is 39.1 Å². The molecule has 1 aromatic heterocycles. The molecule has 0 unspecified atom stereocenters. The van der Waals surface area contributed by atoms with Crippen LogP contribution >= 0.6 is 12.2 Å². The van der Waals surface area contributed by atoms with Gasteiger partial charge >= 0.3 is 0 Å². The van der Waals surface area contributed by atoms with Crippen molar-refractivity contribution in [1.82, 2.24) is 20.0 Å². The van der Waals surface area contributed by atoms with Crippen LogP contribution in [0.4, 0.5) is 0 Å². The molecule has 0 bridgehead atoms. The first-order valence-electron chi connectivity index (χ1n) is 5.94. The average Bonchev–Trinajstić information content (AvgIpc) is 2.88. The lowest BCUT2D eigenvalue weighted by molar-refractivity contribution is -0.122. The van der Waals surface area contributed by atoms with Gasteiger partial charge in [0.1, 0.15) is 5.70 Å². The minimum Gasteiger partial charge on any atom is -0.385 e. The molecule has 2 rings (SSSR count). The molecule has 0 atom stereocenters. The molecule has 0 spiro atoms. The molecule has 102 valence electrons. The van der Waals surface area contributed by atoms with Crippen LogP contribution in [-0.4, -0.2) is 46.0 Å². The maximum atomic E-state index is 12.2. The molecule has 1 aromatic rings. The lowest BCUT2D eigenvalue weighted by Crippen LogP contribution is -2.32. The van der Waals surface area contributed by atoms with Crippen molar-refractivity contribution in [2.45, 2.75) is 6.42 Å². The van der Waals surface area contributed by atoms with Crippen molar-refractivity contribution in [3.63, 3.8) is 0 Å². The molecular weight excluding hydrogens is 264 g/mol. The Balaban J connectivity index is 2.07. The summed E-state index contributed by atoms with van der Waals surface area (Å²) in [6, 6.07) is 0. The smallest absolute Gasteiger partial charge is 0.276 e. The number of thiocarbonyl (C=S) groups is 1. The fraction of sp³-hybridized carbons (Fsp3) is 0.417. The molecule has 0 radical (unpaired) electrons. The van der Waals surface area contributed by atoms with E-state index in [0.29, 0.717) is 24.0 Å². The number of methoxy groups -OCH3 is 1. The van der Waals surface area contributed by atoms with Crippen LogP contribution in [0.3, 0.4) is 0 Å². The SMILES string of the molecule is COCCCN1C(=O)/C(=C\c2cnn(C)c2)NC1=S. The molecule has 1 saturated heterocycles. The Kier molecular flexibility index (Phi) is 4.28. The summed E-state index contributed by atoms with van der Waals surface area (Å²) in [6.07, 6.45) is 6.03. The zero-order valence-corrected chi connectivity index (χ0v) is 11.7. The Morgan fingerprint density at radius 2 is 2.37 bits per heavy atom. The third kappa shape index (κ3) is 3.18. The number of aromatic nitrogens is 2. The quantitative estimate of drug-likeness (QED) is 0.484. The molecule has 2 heterocycles. The number of nitrogens with one attached hydrogen (secondary N) is 1. The molecule has 1 N–H and O–H groups in total. The Morgan fingerprint density at radius 3 is 3.00 bits per heavy atom. The number of carbonyl (C=O) groups excluding carboxylic acids is 1. The van der Waals surface area contributed by atoms with Gasteiger partial charge in [-0.1, -0.05) is 0 Å². The highest BCUT2D eigenvalue weighted by molar-refractivity contribution is 7.80. The largest absolute Gasteiger partial charge is 0.385 e. The molecular formula is C12H16N4O2S. The Morgan fingerprint density at radius 1 is 1.58 bits per heavy atom. The highest BCUT2D eigenvalue weighted by atomic mass is 32.1. The topological polar surface area (TPSA) is 59.4 Å². The van der Waals surface area contributed by atoms with Crippen molar-refractivity contribution < 1.29 is 9.53 Å². The number of ether oxygens (including phenoxy) is 1. The van der Waals surface area contributed by atoms with Crippen molar-refractivity contribution in [3.05, 3.63) is 23.7 Å². The Labute approximate surface area is 117 Å². The molecule has 1 amide bonds. The van der Waals surface area contributed by atoms with Crippen molar-refractivity contribution in [2.75, 3.05) is 20.3 Å². The van der Waals surface area contributed by atoms with E-state index in [4.69, 9.17) is 17.0 Å². The van der Waals surface area contributed by atoms with Crippen molar-refractivity contribution >= 4 is 29.3 Å². The lowest BCUT2D eigenvalue weighted by Gasteiger charge is -2.12. The van der Waals surface area contributed by atoms with E-state index < -0.39 is 0 Å². The molecule has 0 saturated carbocycles. The number of nitrogens with zero attached hydrogens (tertiary/aromatic N) is 3. The van der Waals surface area contributed by atoms with E-state index in [1.54, 1.807) is 29.0 Å². The van der Waals surface area contributed by atoms with Gasteiger partial charge in [0.2, 0.25) is 0 Å². The normalized spacial score (nSPS) is 17.4. The molecule has 1 aliphatic rings. The first-order chi connectivity index (χ1) is 9.11. The zero-order valence-electron chi connectivity index (χ0n) is 10.9. The van der Waals surface area contributed by atoms with Gasteiger partial charge in [-0.15, -0.1) is 0 Å². The minimum absolute atomic E-state index is 0.107. The van der Waals surface area contributed by atoms with Gasteiger partial charge in [-0.3, -0.25) is 14.4 Å². The maximum Gasteiger partial charge on any atom is 0.276 e. The molecule has 7 heteroatoms. The highest BCUT2D eigenvalue weighted by Gasteiger charge is 2.29. The standard InChI is InChI=1S/C12H16N4O2S/c1-15-8-9(7-13-15)6-10-11(17)16(12(19)14-10)4-3-5-18-2/h6-8H,3-5H2,1-2H3,(H,14,19)/b10-6+. The van der Waals surface area contributed by atoms with Gasteiger partial charge in [-0.05, 0) is 24.7 Å². The van der Waals surface area contributed by atoms with Crippen LogP contribution in [0.2, 0.25) is 0 Å². The summed E-state index contributed by atoms with van der Waals surface area (Å²) in [5.74, 6) is -0.107. The fourth-order valence-corrected chi connectivity index (χ4v) is 2.11. The van der Waals surface area contributed by atoms with Gasteiger partial charge in [0.15, 0.2) is 5.11 Å². The summed E-state index contributed by atoms with van der Waals surface area (Å²) in [7, 11) is 3.46. The Bertz CT molecular complexity index is 524. The number of carbonyl (C=O) groups is 1. The van der Waals surface area contributed by atoms with E-state index in [2.05, 4.69) is 10.4 Å². The molecule has 6 nitrogen and oxygen atoms in total. The summed E-state index contributed by atoms with van der Waals surface area (Å²) in [4.78, 5) is 13.7. The van der Waals surface area contributed by atoms with Crippen molar-refractivity contribution in [1.29, 1.82) is 0 Å². The fourth-order valence-electron chi connectivity index (χ4n) is 1.82. The van der Waals surface area contributed by atoms with Gasteiger partial charge in [0.05, 0.1) is 6.20 Å². The van der Waals surface area contributed by atoms with E-state index in [1.165, 1.54) is 0 Å². The van der Waals surface area contributed by atoms with Crippen molar-refractivity contribution in [3.8, 4) is 0 Å². The minimum atomic E-state index is -0.107. The number of hydrogen-bond acceptors (Lipinski definition) is 4. The van der Waals surface area contributed by atoms with Crippen LogP contribution in [0, 0.1) is 0 Å². The predicted octanol–water partition coefficient (Wildman–Crippen LogP) is 0.514. The number of amides is 1. The summed E-state index contributed by atoms with van der Waals surface area (Å²) in [6.45, 7) is 1.16. The van der Waals surface area contributed by atoms with Crippen LogP contribution < -0.4 is 5.32 Å². The lowest BCUT2D eigenvalue weighted by atomic mass is 10.2. The number of hydrogen-bond donors (Lipinski definition) is 1. The number of rotatable bonds is 5. The maximum absolute atomic E-state index is 12.2. The zero-order chi connectivity index (χ0) is 13.8. The van der Waals surface area contributed by atoms with Crippen LogP contribution in [0.1, 0.15) is 12.0 Å². The predicted molar refractivity (Wildman–Crippen MR) is 75.1 cm³/mol. The molecule has 1 fully saturated rings. The van der Waals surface area contributed by atoms with E-state index in [1.807, 2.05) is 13.2 Å². The summed E-state index contributed by atoms with van der Waals surface area (Å²) < 4.78 is 6.65. The van der Waals surface area contributed by atoms with Gasteiger partial charge < -0.3 is 10.1 Å². The van der Waals surface area contributed by atoms with E-state index in [9.17, 15) is 4.79 Å². The van der Waals surface area contributed by atoms with E-state index >= 15 is 0 Å².